The Morgan fingerprint density at radius 3 is 2.70 bits per heavy atom. The van der Waals surface area contributed by atoms with E-state index < -0.39 is 5.91 Å². The van der Waals surface area contributed by atoms with Crippen molar-refractivity contribution in [2.45, 2.75) is 12.8 Å². The number of nitrogens with zero attached hydrogens (tertiary/aromatic N) is 1. The predicted octanol–water partition coefficient (Wildman–Crippen LogP) is -0.493. The van der Waals surface area contributed by atoms with E-state index in [2.05, 4.69) is 4.99 Å². The summed E-state index contributed by atoms with van der Waals surface area (Å²) in [6.07, 6.45) is 2.73. The van der Waals surface area contributed by atoms with Crippen molar-refractivity contribution in [3.63, 3.8) is 0 Å². The van der Waals surface area contributed by atoms with Crippen LogP contribution in [0, 0.1) is 0 Å². The molecule has 1 heterocycles. The molecule has 54 valence electrons. The van der Waals surface area contributed by atoms with Crippen molar-refractivity contribution in [3.05, 3.63) is 11.9 Å². The Bertz CT molecular complexity index is 217. The second-order valence-corrected chi connectivity index (χ2v) is 2.14. The zero-order valence-corrected chi connectivity index (χ0v) is 5.50. The summed E-state index contributed by atoms with van der Waals surface area (Å²) < 4.78 is 0. The number of amides is 1. The SMILES string of the molecule is NC(=O)C1=NC=C(N)CC1. The lowest BCUT2D eigenvalue weighted by atomic mass is 10.1. The number of carbonyl (C=O) groups is 1. The molecule has 0 atom stereocenters. The summed E-state index contributed by atoms with van der Waals surface area (Å²) in [5.74, 6) is -0.455. The maximum Gasteiger partial charge on any atom is 0.263 e. The lowest BCUT2D eigenvalue weighted by molar-refractivity contribution is -0.112. The molecule has 4 N–H and O–H groups in total. The fraction of sp³-hybridized carbons (Fsp3) is 0.333. The van der Waals surface area contributed by atoms with Crippen LogP contribution in [0.4, 0.5) is 0 Å². The zero-order valence-electron chi connectivity index (χ0n) is 5.50. The molecule has 1 aliphatic rings. The third kappa shape index (κ3) is 1.34. The minimum absolute atomic E-state index is 0.411. The average molecular weight is 139 g/mol. The molecule has 0 aliphatic carbocycles. The number of allylic oxidation sites excluding steroid dienone is 1. The quantitative estimate of drug-likeness (QED) is 0.513. The minimum atomic E-state index is -0.455. The summed E-state index contributed by atoms with van der Waals surface area (Å²) in [6, 6.07) is 0. The average Bonchev–Trinajstić information content (AvgIpc) is 1.88. The van der Waals surface area contributed by atoms with E-state index in [0.717, 1.165) is 0 Å². The van der Waals surface area contributed by atoms with E-state index in [4.69, 9.17) is 11.5 Å². The van der Waals surface area contributed by atoms with E-state index in [1.165, 1.54) is 6.20 Å². The summed E-state index contributed by atoms with van der Waals surface area (Å²) in [5, 5.41) is 0. The van der Waals surface area contributed by atoms with Gasteiger partial charge in [-0.2, -0.15) is 0 Å². The molecule has 0 aromatic rings. The van der Waals surface area contributed by atoms with Crippen molar-refractivity contribution in [2.75, 3.05) is 0 Å². The molecule has 0 aromatic heterocycles. The standard InChI is InChI=1S/C6H9N3O/c7-4-1-2-5(6(8)10)9-3-4/h3H,1-2,7H2,(H2,8,10). The Kier molecular flexibility index (Phi) is 1.71. The van der Waals surface area contributed by atoms with Gasteiger partial charge < -0.3 is 11.5 Å². The zero-order chi connectivity index (χ0) is 7.56. The van der Waals surface area contributed by atoms with Crippen molar-refractivity contribution < 1.29 is 4.79 Å². The molecule has 4 heteroatoms. The maximum absolute atomic E-state index is 10.5. The van der Waals surface area contributed by atoms with Gasteiger partial charge in [-0.3, -0.25) is 9.79 Å². The second kappa shape index (κ2) is 2.51. The van der Waals surface area contributed by atoms with Crippen LogP contribution in [0.1, 0.15) is 12.8 Å². The molecular weight excluding hydrogens is 130 g/mol. The normalized spacial score (nSPS) is 17.6. The Labute approximate surface area is 58.6 Å². The van der Waals surface area contributed by atoms with Crippen molar-refractivity contribution in [1.82, 2.24) is 0 Å². The predicted molar refractivity (Wildman–Crippen MR) is 38.1 cm³/mol. The molecule has 10 heavy (non-hydrogen) atoms. The summed E-state index contributed by atoms with van der Waals surface area (Å²) in [5.41, 5.74) is 11.5. The van der Waals surface area contributed by atoms with Gasteiger partial charge in [-0.15, -0.1) is 0 Å². The van der Waals surface area contributed by atoms with Crippen LogP contribution in [0.25, 0.3) is 0 Å². The molecule has 1 amide bonds. The van der Waals surface area contributed by atoms with Crippen LogP contribution in [0.5, 0.6) is 0 Å². The maximum atomic E-state index is 10.5. The Morgan fingerprint density at radius 2 is 2.30 bits per heavy atom. The lowest BCUT2D eigenvalue weighted by Gasteiger charge is -2.06. The molecule has 0 unspecified atom stereocenters. The molecular formula is C6H9N3O. The van der Waals surface area contributed by atoms with Gasteiger partial charge in [0, 0.05) is 18.3 Å². The fourth-order valence-electron chi connectivity index (χ4n) is 0.739. The Balaban J connectivity index is 2.74. The van der Waals surface area contributed by atoms with Crippen LogP contribution >= 0.6 is 0 Å². The van der Waals surface area contributed by atoms with Gasteiger partial charge >= 0.3 is 0 Å². The lowest BCUT2D eigenvalue weighted by Crippen LogP contribution is -2.25. The third-order valence-electron chi connectivity index (χ3n) is 1.32. The number of carbonyl (C=O) groups excluding carboxylic acids is 1. The van der Waals surface area contributed by atoms with E-state index in [-0.39, 0.29) is 0 Å². The van der Waals surface area contributed by atoms with Gasteiger partial charge in [0.2, 0.25) is 0 Å². The van der Waals surface area contributed by atoms with Gasteiger partial charge in [0.1, 0.15) is 5.71 Å². The van der Waals surface area contributed by atoms with Crippen LogP contribution in [0.15, 0.2) is 16.9 Å². The number of aliphatic imine (C=N–C) groups is 1. The highest BCUT2D eigenvalue weighted by Crippen LogP contribution is 2.06. The van der Waals surface area contributed by atoms with E-state index >= 15 is 0 Å². The van der Waals surface area contributed by atoms with Crippen molar-refractivity contribution in [1.29, 1.82) is 0 Å². The van der Waals surface area contributed by atoms with Gasteiger partial charge in [-0.1, -0.05) is 0 Å². The monoisotopic (exact) mass is 139 g/mol. The first-order valence-electron chi connectivity index (χ1n) is 3.01. The van der Waals surface area contributed by atoms with Crippen LogP contribution in [-0.2, 0) is 4.79 Å². The molecule has 0 bridgehead atoms. The number of hydrogen-bond acceptors (Lipinski definition) is 3. The van der Waals surface area contributed by atoms with Crippen LogP contribution < -0.4 is 11.5 Å². The Hall–Kier alpha value is -1.32. The van der Waals surface area contributed by atoms with Gasteiger partial charge in [-0.25, -0.2) is 0 Å². The fourth-order valence-corrected chi connectivity index (χ4v) is 0.739. The van der Waals surface area contributed by atoms with Gasteiger partial charge in [0.05, 0.1) is 0 Å². The van der Waals surface area contributed by atoms with E-state index in [9.17, 15) is 4.79 Å². The van der Waals surface area contributed by atoms with Crippen molar-refractivity contribution in [2.24, 2.45) is 16.5 Å². The van der Waals surface area contributed by atoms with Crippen LogP contribution in [0.3, 0.4) is 0 Å². The van der Waals surface area contributed by atoms with Crippen molar-refractivity contribution in [3.8, 4) is 0 Å². The first-order chi connectivity index (χ1) is 4.70. The van der Waals surface area contributed by atoms with Crippen LogP contribution in [0.2, 0.25) is 0 Å². The summed E-state index contributed by atoms with van der Waals surface area (Å²) in [6.45, 7) is 0. The molecule has 0 fully saturated rings. The molecule has 0 spiro atoms. The third-order valence-corrected chi connectivity index (χ3v) is 1.32. The summed E-state index contributed by atoms with van der Waals surface area (Å²) in [7, 11) is 0. The molecule has 1 aliphatic heterocycles. The second-order valence-electron chi connectivity index (χ2n) is 2.14. The van der Waals surface area contributed by atoms with E-state index in [0.29, 0.717) is 24.3 Å². The topological polar surface area (TPSA) is 81.5 Å². The first-order valence-corrected chi connectivity index (χ1v) is 3.01. The molecule has 0 saturated heterocycles. The Morgan fingerprint density at radius 1 is 1.60 bits per heavy atom. The van der Waals surface area contributed by atoms with Gasteiger partial charge in [-0.05, 0) is 6.42 Å². The molecule has 1 rings (SSSR count). The van der Waals surface area contributed by atoms with E-state index in [1.807, 2.05) is 0 Å². The summed E-state index contributed by atoms with van der Waals surface area (Å²) >= 11 is 0. The molecule has 4 nitrogen and oxygen atoms in total. The molecule has 0 radical (unpaired) electrons. The van der Waals surface area contributed by atoms with Gasteiger partial charge in [0.25, 0.3) is 5.91 Å². The largest absolute Gasteiger partial charge is 0.401 e. The van der Waals surface area contributed by atoms with E-state index in [1.54, 1.807) is 0 Å². The minimum Gasteiger partial charge on any atom is -0.401 e. The molecule has 0 saturated carbocycles. The number of hydrogen-bond donors (Lipinski definition) is 2. The first kappa shape index (κ1) is 6.80. The highest BCUT2D eigenvalue weighted by Gasteiger charge is 2.09. The number of nitrogens with two attached hydrogens (primary N) is 2. The number of primary amides is 1. The highest BCUT2D eigenvalue weighted by atomic mass is 16.1. The highest BCUT2D eigenvalue weighted by molar-refractivity contribution is 6.38. The smallest absolute Gasteiger partial charge is 0.263 e. The molecule has 0 aromatic carbocycles. The number of rotatable bonds is 1. The van der Waals surface area contributed by atoms with Gasteiger partial charge in [0.15, 0.2) is 0 Å². The summed E-state index contributed by atoms with van der Waals surface area (Å²) in [4.78, 5) is 14.2. The van der Waals surface area contributed by atoms with Crippen LogP contribution in [-0.4, -0.2) is 11.6 Å². The van der Waals surface area contributed by atoms with Crippen molar-refractivity contribution >= 4 is 11.6 Å².